The zero-order valence-corrected chi connectivity index (χ0v) is 19.6. The molecule has 0 unspecified atom stereocenters. The lowest BCUT2D eigenvalue weighted by Gasteiger charge is -2.35. The predicted octanol–water partition coefficient (Wildman–Crippen LogP) is 3.52. The van der Waals surface area contributed by atoms with Crippen molar-refractivity contribution in [3.8, 4) is 0 Å². The third-order valence-corrected chi connectivity index (χ3v) is 7.90. The maximum Gasteiger partial charge on any atom is 0.245 e. The fourth-order valence-corrected chi connectivity index (χ4v) is 5.93. The van der Waals surface area contributed by atoms with Crippen LogP contribution >= 0.6 is 0 Å². The monoisotopic (exact) mass is 430 g/mol. The second kappa shape index (κ2) is 9.45. The summed E-state index contributed by atoms with van der Waals surface area (Å²) in [5.74, 6) is 0.838. The van der Waals surface area contributed by atoms with Gasteiger partial charge in [0.05, 0.1) is 0 Å². The van der Waals surface area contributed by atoms with Gasteiger partial charge in [-0.2, -0.15) is 4.31 Å². The Hall–Kier alpha value is -1.96. The molecule has 0 saturated carbocycles. The molecule has 0 radical (unpaired) electrons. The van der Waals surface area contributed by atoms with E-state index in [9.17, 15) is 8.42 Å². The van der Waals surface area contributed by atoms with Crippen LogP contribution in [-0.4, -0.2) is 60.9 Å². The highest BCUT2D eigenvalue weighted by molar-refractivity contribution is 7.89. The molecule has 2 heterocycles. The SMILES string of the molecule is Cc1ccccc1CN1CCN(c2ccc(S(=O)(=O)N(C(C)C)C(C)C)cn2)CC1. The van der Waals surface area contributed by atoms with Crippen molar-refractivity contribution >= 4 is 15.8 Å². The molecule has 1 aromatic heterocycles. The molecular weight excluding hydrogens is 396 g/mol. The number of pyridine rings is 1. The van der Waals surface area contributed by atoms with Gasteiger partial charge in [0.15, 0.2) is 0 Å². The smallest absolute Gasteiger partial charge is 0.245 e. The molecule has 30 heavy (non-hydrogen) atoms. The predicted molar refractivity (Wildman–Crippen MR) is 122 cm³/mol. The molecule has 1 aliphatic rings. The second-order valence-electron chi connectivity index (χ2n) is 8.56. The van der Waals surface area contributed by atoms with Crippen LogP contribution in [-0.2, 0) is 16.6 Å². The van der Waals surface area contributed by atoms with Crippen LogP contribution in [0.2, 0.25) is 0 Å². The van der Waals surface area contributed by atoms with Crippen LogP contribution in [0, 0.1) is 6.92 Å². The molecule has 0 N–H and O–H groups in total. The summed E-state index contributed by atoms with van der Waals surface area (Å²) in [6, 6.07) is 11.8. The minimum absolute atomic E-state index is 0.101. The first-order valence-corrected chi connectivity index (χ1v) is 12.2. The van der Waals surface area contributed by atoms with E-state index in [2.05, 4.69) is 46.0 Å². The van der Waals surface area contributed by atoms with Crippen molar-refractivity contribution in [2.45, 2.75) is 58.1 Å². The molecule has 1 aromatic carbocycles. The first kappa shape index (κ1) is 22.7. The number of piperazine rings is 1. The van der Waals surface area contributed by atoms with E-state index in [1.807, 2.05) is 33.8 Å². The second-order valence-corrected chi connectivity index (χ2v) is 10.4. The Bertz CT molecular complexity index is 926. The molecule has 0 bridgehead atoms. The normalized spacial score (nSPS) is 16.1. The van der Waals surface area contributed by atoms with E-state index in [1.165, 1.54) is 21.6 Å². The first-order chi connectivity index (χ1) is 14.2. The molecule has 0 aliphatic carbocycles. The molecule has 2 aromatic rings. The van der Waals surface area contributed by atoms with Crippen LogP contribution < -0.4 is 4.90 Å². The van der Waals surface area contributed by atoms with Gasteiger partial charge in [-0.15, -0.1) is 0 Å². The average Bonchev–Trinajstić information content (AvgIpc) is 2.69. The summed E-state index contributed by atoms with van der Waals surface area (Å²) in [6.45, 7) is 14.4. The number of anilines is 1. The summed E-state index contributed by atoms with van der Waals surface area (Å²) in [4.78, 5) is 9.44. The van der Waals surface area contributed by atoms with Crippen molar-refractivity contribution in [2.75, 3.05) is 31.1 Å². The Morgan fingerprint density at radius 1 is 0.967 bits per heavy atom. The lowest BCUT2D eigenvalue weighted by atomic mass is 10.1. The van der Waals surface area contributed by atoms with Gasteiger partial charge >= 0.3 is 0 Å². The van der Waals surface area contributed by atoms with E-state index in [1.54, 1.807) is 6.07 Å². The van der Waals surface area contributed by atoms with Crippen molar-refractivity contribution in [2.24, 2.45) is 0 Å². The third kappa shape index (κ3) is 5.02. The van der Waals surface area contributed by atoms with Gasteiger partial charge in [-0.05, 0) is 57.9 Å². The van der Waals surface area contributed by atoms with Gasteiger partial charge in [-0.1, -0.05) is 24.3 Å². The molecular formula is C23H34N4O2S. The number of rotatable bonds is 7. The van der Waals surface area contributed by atoms with Gasteiger partial charge in [0.1, 0.15) is 10.7 Å². The highest BCUT2D eigenvalue weighted by atomic mass is 32.2. The van der Waals surface area contributed by atoms with Gasteiger partial charge in [0, 0.05) is 51.0 Å². The fraction of sp³-hybridized carbons (Fsp3) is 0.522. The summed E-state index contributed by atoms with van der Waals surface area (Å²) >= 11 is 0. The minimum Gasteiger partial charge on any atom is -0.354 e. The highest BCUT2D eigenvalue weighted by Crippen LogP contribution is 2.23. The zero-order chi connectivity index (χ0) is 21.9. The molecule has 0 amide bonds. The van der Waals surface area contributed by atoms with Gasteiger partial charge in [-0.25, -0.2) is 13.4 Å². The topological polar surface area (TPSA) is 56.8 Å². The fourth-order valence-electron chi connectivity index (χ4n) is 4.15. The molecule has 164 valence electrons. The van der Waals surface area contributed by atoms with Gasteiger partial charge < -0.3 is 4.90 Å². The minimum atomic E-state index is -3.55. The summed E-state index contributed by atoms with van der Waals surface area (Å²) < 4.78 is 27.6. The molecule has 1 saturated heterocycles. The van der Waals surface area contributed by atoms with Crippen LogP contribution in [0.15, 0.2) is 47.5 Å². The molecule has 1 aliphatic heterocycles. The Balaban J connectivity index is 1.64. The number of nitrogens with zero attached hydrogens (tertiary/aromatic N) is 4. The Labute approximate surface area is 181 Å². The Morgan fingerprint density at radius 3 is 2.13 bits per heavy atom. The summed E-state index contributed by atoms with van der Waals surface area (Å²) in [7, 11) is -3.55. The number of aryl methyl sites for hydroxylation is 1. The van der Waals surface area contributed by atoms with E-state index >= 15 is 0 Å². The average molecular weight is 431 g/mol. The van der Waals surface area contributed by atoms with Crippen molar-refractivity contribution < 1.29 is 8.42 Å². The molecule has 0 spiro atoms. The van der Waals surface area contributed by atoms with Gasteiger partial charge in [-0.3, -0.25) is 4.90 Å². The number of aromatic nitrogens is 1. The summed E-state index contributed by atoms with van der Waals surface area (Å²) in [6.07, 6.45) is 1.50. The van der Waals surface area contributed by atoms with Gasteiger partial charge in [0.25, 0.3) is 0 Å². The summed E-state index contributed by atoms with van der Waals surface area (Å²) in [5, 5.41) is 0. The molecule has 3 rings (SSSR count). The van der Waals surface area contributed by atoms with Crippen LogP contribution in [0.25, 0.3) is 0 Å². The lowest BCUT2D eigenvalue weighted by Crippen LogP contribution is -2.46. The Kier molecular flexibility index (Phi) is 7.16. The third-order valence-electron chi connectivity index (χ3n) is 5.67. The van der Waals surface area contributed by atoms with E-state index in [4.69, 9.17) is 0 Å². The van der Waals surface area contributed by atoms with E-state index in [0.29, 0.717) is 0 Å². The van der Waals surface area contributed by atoms with Crippen molar-refractivity contribution in [3.05, 3.63) is 53.7 Å². The zero-order valence-electron chi connectivity index (χ0n) is 18.7. The maximum atomic E-state index is 13.0. The largest absolute Gasteiger partial charge is 0.354 e. The van der Waals surface area contributed by atoms with E-state index in [0.717, 1.165) is 38.5 Å². The molecule has 7 heteroatoms. The van der Waals surface area contributed by atoms with Crippen LogP contribution in [0.4, 0.5) is 5.82 Å². The summed E-state index contributed by atoms with van der Waals surface area (Å²) in [5.41, 5.74) is 2.70. The molecule has 1 fully saturated rings. The number of hydrogen-bond donors (Lipinski definition) is 0. The number of sulfonamides is 1. The van der Waals surface area contributed by atoms with Crippen LogP contribution in [0.1, 0.15) is 38.8 Å². The number of hydrogen-bond acceptors (Lipinski definition) is 5. The Morgan fingerprint density at radius 2 is 1.60 bits per heavy atom. The van der Waals surface area contributed by atoms with Crippen LogP contribution in [0.3, 0.4) is 0 Å². The first-order valence-electron chi connectivity index (χ1n) is 10.7. The van der Waals surface area contributed by atoms with Crippen LogP contribution in [0.5, 0.6) is 0 Å². The highest BCUT2D eigenvalue weighted by Gasteiger charge is 2.30. The van der Waals surface area contributed by atoms with E-state index in [-0.39, 0.29) is 17.0 Å². The van der Waals surface area contributed by atoms with Crippen molar-refractivity contribution in [1.29, 1.82) is 0 Å². The molecule has 6 nitrogen and oxygen atoms in total. The van der Waals surface area contributed by atoms with Gasteiger partial charge in [0.2, 0.25) is 10.0 Å². The quantitative estimate of drug-likeness (QED) is 0.673. The number of benzene rings is 1. The standard InChI is InChI=1S/C23H34N4O2S/c1-18(2)27(19(3)4)30(28,29)22-10-11-23(24-16-22)26-14-12-25(13-15-26)17-21-9-7-6-8-20(21)5/h6-11,16,18-19H,12-15,17H2,1-5H3. The van der Waals surface area contributed by atoms with E-state index < -0.39 is 10.0 Å². The lowest BCUT2D eigenvalue weighted by molar-refractivity contribution is 0.249. The van der Waals surface area contributed by atoms with Crippen molar-refractivity contribution in [3.63, 3.8) is 0 Å². The maximum absolute atomic E-state index is 13.0. The van der Waals surface area contributed by atoms with Crippen molar-refractivity contribution in [1.82, 2.24) is 14.2 Å². The molecule has 0 atom stereocenters.